The summed E-state index contributed by atoms with van der Waals surface area (Å²) >= 11 is 0. The van der Waals surface area contributed by atoms with Crippen LogP contribution in [0.5, 0.6) is 0 Å². The predicted octanol–water partition coefficient (Wildman–Crippen LogP) is 0.901. The van der Waals surface area contributed by atoms with Crippen LogP contribution in [0.2, 0.25) is 0 Å². The van der Waals surface area contributed by atoms with Gasteiger partial charge in [0.25, 0.3) is 0 Å². The Labute approximate surface area is 110 Å². The quantitative estimate of drug-likeness (QED) is 0.710. The zero-order valence-electron chi connectivity index (χ0n) is 10.5. The average molecular weight is 268 g/mol. The molecule has 1 heterocycles. The lowest BCUT2D eigenvalue weighted by Gasteiger charge is -2.12. The summed E-state index contributed by atoms with van der Waals surface area (Å²) < 4.78 is 5.13. The van der Waals surface area contributed by atoms with Crippen molar-refractivity contribution < 1.29 is 23.9 Å². The molecule has 104 valence electrons. The van der Waals surface area contributed by atoms with Crippen LogP contribution in [0, 0.1) is 0 Å². The van der Waals surface area contributed by atoms with Crippen molar-refractivity contribution in [1.82, 2.24) is 10.6 Å². The Morgan fingerprint density at radius 2 is 2.11 bits per heavy atom. The van der Waals surface area contributed by atoms with Gasteiger partial charge in [-0.1, -0.05) is 0 Å². The fraction of sp³-hybridized carbons (Fsp3) is 0.417. The average Bonchev–Trinajstić information content (AvgIpc) is 2.78. The van der Waals surface area contributed by atoms with Gasteiger partial charge in [0, 0.05) is 18.9 Å². The highest BCUT2D eigenvalue weighted by atomic mass is 16.4. The SMILES string of the molecule is CC(Cc1ccco1)NC(=O)NC(=O)CCC(=O)O. The van der Waals surface area contributed by atoms with E-state index >= 15 is 0 Å². The number of amides is 3. The van der Waals surface area contributed by atoms with E-state index in [1.807, 2.05) is 0 Å². The normalized spacial score (nSPS) is 11.6. The van der Waals surface area contributed by atoms with Gasteiger partial charge in [-0.05, 0) is 19.1 Å². The molecule has 1 atom stereocenters. The molecule has 0 aliphatic rings. The van der Waals surface area contributed by atoms with E-state index in [1.165, 1.54) is 6.26 Å². The van der Waals surface area contributed by atoms with Gasteiger partial charge in [-0.3, -0.25) is 14.9 Å². The van der Waals surface area contributed by atoms with Crippen molar-refractivity contribution >= 4 is 17.9 Å². The molecular weight excluding hydrogens is 252 g/mol. The van der Waals surface area contributed by atoms with Gasteiger partial charge < -0.3 is 14.8 Å². The second-order valence-corrected chi connectivity index (χ2v) is 4.10. The van der Waals surface area contributed by atoms with Crippen molar-refractivity contribution in [2.45, 2.75) is 32.2 Å². The number of furan rings is 1. The van der Waals surface area contributed by atoms with Crippen molar-refractivity contribution in [1.29, 1.82) is 0 Å². The highest BCUT2D eigenvalue weighted by Crippen LogP contribution is 2.03. The fourth-order valence-corrected chi connectivity index (χ4v) is 1.45. The maximum Gasteiger partial charge on any atom is 0.321 e. The molecule has 0 spiro atoms. The first-order valence-electron chi connectivity index (χ1n) is 5.82. The van der Waals surface area contributed by atoms with Gasteiger partial charge in [0.05, 0.1) is 12.7 Å². The number of rotatable bonds is 6. The highest BCUT2D eigenvalue weighted by molar-refractivity contribution is 5.95. The zero-order chi connectivity index (χ0) is 14.3. The van der Waals surface area contributed by atoms with E-state index in [0.29, 0.717) is 6.42 Å². The number of hydrogen-bond donors (Lipinski definition) is 3. The number of carboxylic acid groups (broad SMARTS) is 1. The Kier molecular flexibility index (Phi) is 5.59. The zero-order valence-corrected chi connectivity index (χ0v) is 10.5. The van der Waals surface area contributed by atoms with Crippen molar-refractivity contribution in [2.24, 2.45) is 0 Å². The van der Waals surface area contributed by atoms with Gasteiger partial charge in [-0.25, -0.2) is 4.79 Å². The standard InChI is InChI=1S/C12H16N2O5/c1-8(7-9-3-2-6-19-9)13-12(18)14-10(15)4-5-11(16)17/h2-3,6,8H,4-5,7H2,1H3,(H,16,17)(H2,13,14,15,18). The third-order valence-electron chi connectivity index (χ3n) is 2.28. The number of carboxylic acids is 1. The molecule has 0 saturated heterocycles. The predicted molar refractivity (Wildman–Crippen MR) is 65.4 cm³/mol. The first-order valence-corrected chi connectivity index (χ1v) is 5.82. The van der Waals surface area contributed by atoms with Crippen molar-refractivity contribution in [3.8, 4) is 0 Å². The number of carbonyl (C=O) groups excluding carboxylic acids is 2. The van der Waals surface area contributed by atoms with Crippen molar-refractivity contribution in [3.63, 3.8) is 0 Å². The van der Waals surface area contributed by atoms with Crippen LogP contribution >= 0.6 is 0 Å². The molecule has 1 aromatic heterocycles. The van der Waals surface area contributed by atoms with Crippen LogP contribution in [0.25, 0.3) is 0 Å². The number of carbonyl (C=O) groups is 3. The van der Waals surface area contributed by atoms with Gasteiger partial charge in [-0.15, -0.1) is 0 Å². The van der Waals surface area contributed by atoms with E-state index in [2.05, 4.69) is 10.6 Å². The molecule has 0 aromatic carbocycles. The van der Waals surface area contributed by atoms with Crippen LogP contribution in [-0.4, -0.2) is 29.1 Å². The lowest BCUT2D eigenvalue weighted by atomic mass is 10.2. The first-order chi connectivity index (χ1) is 8.97. The summed E-state index contributed by atoms with van der Waals surface area (Å²) in [5.41, 5.74) is 0. The summed E-state index contributed by atoms with van der Waals surface area (Å²) in [6, 6.07) is 2.68. The molecule has 19 heavy (non-hydrogen) atoms. The minimum atomic E-state index is -1.08. The molecule has 1 unspecified atom stereocenters. The number of urea groups is 1. The maximum absolute atomic E-state index is 11.4. The molecule has 3 amide bonds. The van der Waals surface area contributed by atoms with Gasteiger partial charge in [0.15, 0.2) is 0 Å². The maximum atomic E-state index is 11.4. The summed E-state index contributed by atoms with van der Waals surface area (Å²) in [4.78, 5) is 32.9. The molecule has 1 rings (SSSR count). The molecule has 3 N–H and O–H groups in total. The molecule has 0 aliphatic heterocycles. The van der Waals surface area contributed by atoms with Crippen LogP contribution in [0.4, 0.5) is 4.79 Å². The number of aliphatic carboxylic acids is 1. The summed E-state index contributed by atoms with van der Waals surface area (Å²) in [5.74, 6) is -0.975. The second-order valence-electron chi connectivity index (χ2n) is 4.10. The summed E-state index contributed by atoms with van der Waals surface area (Å²) in [6.45, 7) is 1.77. The lowest BCUT2D eigenvalue weighted by molar-refractivity contribution is -0.138. The van der Waals surface area contributed by atoms with E-state index in [1.54, 1.807) is 19.1 Å². The minimum Gasteiger partial charge on any atom is -0.481 e. The largest absolute Gasteiger partial charge is 0.481 e. The Bertz CT molecular complexity index is 441. The third-order valence-corrected chi connectivity index (χ3v) is 2.28. The topological polar surface area (TPSA) is 109 Å². The van der Waals surface area contributed by atoms with Crippen molar-refractivity contribution in [3.05, 3.63) is 24.2 Å². The smallest absolute Gasteiger partial charge is 0.321 e. The molecule has 0 aliphatic carbocycles. The Hall–Kier alpha value is -2.31. The Morgan fingerprint density at radius 3 is 2.68 bits per heavy atom. The number of imide groups is 1. The fourth-order valence-electron chi connectivity index (χ4n) is 1.45. The van der Waals surface area contributed by atoms with Crippen LogP contribution in [0.3, 0.4) is 0 Å². The minimum absolute atomic E-state index is 0.210. The van der Waals surface area contributed by atoms with Gasteiger partial charge in [-0.2, -0.15) is 0 Å². The summed E-state index contributed by atoms with van der Waals surface area (Å²) in [6.07, 6.45) is 1.51. The van der Waals surface area contributed by atoms with E-state index < -0.39 is 17.9 Å². The summed E-state index contributed by atoms with van der Waals surface area (Å²) in [5, 5.41) is 13.0. The van der Waals surface area contributed by atoms with Crippen LogP contribution in [0.1, 0.15) is 25.5 Å². The molecule has 0 radical (unpaired) electrons. The monoisotopic (exact) mass is 268 g/mol. The van der Waals surface area contributed by atoms with E-state index in [0.717, 1.165) is 5.76 Å². The van der Waals surface area contributed by atoms with Gasteiger partial charge in [0.1, 0.15) is 5.76 Å². The van der Waals surface area contributed by atoms with Crippen LogP contribution in [-0.2, 0) is 16.0 Å². The van der Waals surface area contributed by atoms with E-state index in [4.69, 9.17) is 9.52 Å². The number of hydrogen-bond acceptors (Lipinski definition) is 4. The van der Waals surface area contributed by atoms with Crippen LogP contribution < -0.4 is 10.6 Å². The molecule has 0 saturated carbocycles. The third kappa shape index (κ3) is 6.25. The molecule has 0 fully saturated rings. The molecule has 1 aromatic rings. The molecule has 7 heteroatoms. The molecule has 0 bridgehead atoms. The lowest BCUT2D eigenvalue weighted by Crippen LogP contribution is -2.44. The van der Waals surface area contributed by atoms with E-state index in [-0.39, 0.29) is 18.9 Å². The van der Waals surface area contributed by atoms with E-state index in [9.17, 15) is 14.4 Å². The Balaban J connectivity index is 2.26. The molecule has 7 nitrogen and oxygen atoms in total. The first kappa shape index (κ1) is 14.7. The van der Waals surface area contributed by atoms with Gasteiger partial charge >= 0.3 is 12.0 Å². The molecular formula is C12H16N2O5. The second kappa shape index (κ2) is 7.20. The summed E-state index contributed by atoms with van der Waals surface area (Å²) in [7, 11) is 0. The number of nitrogens with one attached hydrogen (secondary N) is 2. The van der Waals surface area contributed by atoms with Crippen LogP contribution in [0.15, 0.2) is 22.8 Å². The highest BCUT2D eigenvalue weighted by Gasteiger charge is 2.12. The van der Waals surface area contributed by atoms with Gasteiger partial charge in [0.2, 0.25) is 5.91 Å². The van der Waals surface area contributed by atoms with Crippen molar-refractivity contribution in [2.75, 3.05) is 0 Å². The Morgan fingerprint density at radius 1 is 1.37 bits per heavy atom.